The summed E-state index contributed by atoms with van der Waals surface area (Å²) in [5, 5.41) is 11.8. The molecule has 0 aromatic heterocycles. The summed E-state index contributed by atoms with van der Waals surface area (Å²) in [7, 11) is 0. The van der Waals surface area contributed by atoms with Crippen LogP contribution in [0.5, 0.6) is 5.75 Å². The van der Waals surface area contributed by atoms with E-state index in [4.69, 9.17) is 9.84 Å². The number of aryl methyl sites for hydroxylation is 1. The van der Waals surface area contributed by atoms with Crippen molar-refractivity contribution in [2.75, 3.05) is 0 Å². The molecule has 0 heterocycles. The van der Waals surface area contributed by atoms with Gasteiger partial charge in [-0.3, -0.25) is 4.79 Å². The molecule has 0 bridgehead atoms. The molecule has 2 aromatic rings. The van der Waals surface area contributed by atoms with Crippen LogP contribution in [0.25, 0.3) is 0 Å². The SMILES string of the molecule is O=C(CCc1ccc(C(=O)O)cc1)NCc1ccccc1OC1CCC1. The maximum atomic E-state index is 12.1. The third-order valence-electron chi connectivity index (χ3n) is 4.64. The Bertz CT molecular complexity index is 766. The molecule has 136 valence electrons. The van der Waals surface area contributed by atoms with Crippen molar-refractivity contribution in [1.82, 2.24) is 5.32 Å². The molecule has 3 rings (SSSR count). The number of nitrogens with one attached hydrogen (secondary N) is 1. The first kappa shape index (κ1) is 18.0. The smallest absolute Gasteiger partial charge is 0.335 e. The molecule has 5 heteroatoms. The van der Waals surface area contributed by atoms with Gasteiger partial charge >= 0.3 is 5.97 Å². The van der Waals surface area contributed by atoms with E-state index in [1.807, 2.05) is 24.3 Å². The lowest BCUT2D eigenvalue weighted by Gasteiger charge is -2.27. The second-order valence-corrected chi connectivity index (χ2v) is 6.56. The van der Waals surface area contributed by atoms with Gasteiger partial charge < -0.3 is 15.2 Å². The molecule has 0 radical (unpaired) electrons. The van der Waals surface area contributed by atoms with Crippen LogP contribution in [0.3, 0.4) is 0 Å². The molecule has 0 saturated heterocycles. The molecule has 1 saturated carbocycles. The highest BCUT2D eigenvalue weighted by molar-refractivity contribution is 5.87. The fourth-order valence-corrected chi connectivity index (χ4v) is 2.79. The van der Waals surface area contributed by atoms with E-state index in [0.717, 1.165) is 29.7 Å². The Labute approximate surface area is 153 Å². The van der Waals surface area contributed by atoms with Crippen LogP contribution in [-0.4, -0.2) is 23.1 Å². The highest BCUT2D eigenvalue weighted by Crippen LogP contribution is 2.27. The van der Waals surface area contributed by atoms with Gasteiger partial charge in [-0.1, -0.05) is 30.3 Å². The van der Waals surface area contributed by atoms with E-state index in [2.05, 4.69) is 5.32 Å². The molecule has 1 amide bonds. The highest BCUT2D eigenvalue weighted by Gasteiger charge is 2.20. The van der Waals surface area contributed by atoms with Crippen LogP contribution in [0.4, 0.5) is 0 Å². The minimum absolute atomic E-state index is 0.0363. The molecule has 0 spiro atoms. The molecule has 1 fully saturated rings. The molecule has 1 aliphatic carbocycles. The van der Waals surface area contributed by atoms with Gasteiger partial charge in [0.1, 0.15) is 5.75 Å². The van der Waals surface area contributed by atoms with E-state index >= 15 is 0 Å². The number of aromatic carboxylic acids is 1. The quantitative estimate of drug-likeness (QED) is 0.761. The van der Waals surface area contributed by atoms with Crippen LogP contribution in [-0.2, 0) is 17.8 Å². The second-order valence-electron chi connectivity index (χ2n) is 6.56. The van der Waals surface area contributed by atoms with Crippen molar-refractivity contribution in [3.63, 3.8) is 0 Å². The number of carboxylic acids is 1. The molecule has 2 aromatic carbocycles. The summed E-state index contributed by atoms with van der Waals surface area (Å²) in [6.07, 6.45) is 4.66. The van der Waals surface area contributed by atoms with Crippen LogP contribution in [0.1, 0.15) is 47.2 Å². The normalized spacial score (nSPS) is 13.7. The first-order valence-corrected chi connectivity index (χ1v) is 8.95. The number of para-hydroxylation sites is 1. The Morgan fingerprint density at radius 3 is 2.46 bits per heavy atom. The summed E-state index contributed by atoms with van der Waals surface area (Å²) >= 11 is 0. The minimum Gasteiger partial charge on any atom is -0.490 e. The van der Waals surface area contributed by atoms with Crippen molar-refractivity contribution < 1.29 is 19.4 Å². The molecule has 5 nitrogen and oxygen atoms in total. The number of carbonyl (C=O) groups excluding carboxylic acids is 1. The molecular weight excluding hydrogens is 330 g/mol. The van der Waals surface area contributed by atoms with Crippen LogP contribution < -0.4 is 10.1 Å². The van der Waals surface area contributed by atoms with E-state index < -0.39 is 5.97 Å². The number of amides is 1. The fourth-order valence-electron chi connectivity index (χ4n) is 2.79. The number of hydrogen-bond acceptors (Lipinski definition) is 3. The third kappa shape index (κ3) is 4.85. The Kier molecular flexibility index (Phi) is 5.89. The predicted molar refractivity (Wildman–Crippen MR) is 98.3 cm³/mol. The number of benzene rings is 2. The average Bonchev–Trinajstić information content (AvgIpc) is 2.62. The largest absolute Gasteiger partial charge is 0.490 e. The Balaban J connectivity index is 1.47. The Morgan fingerprint density at radius 1 is 1.08 bits per heavy atom. The fraction of sp³-hybridized carbons (Fsp3) is 0.333. The number of carbonyl (C=O) groups is 2. The van der Waals surface area contributed by atoms with Gasteiger partial charge in [0.05, 0.1) is 11.7 Å². The standard InChI is InChI=1S/C21H23NO4/c23-20(13-10-15-8-11-16(12-9-15)21(24)25)22-14-17-4-1-2-7-19(17)26-18-5-3-6-18/h1-2,4,7-9,11-12,18H,3,5-6,10,13-14H2,(H,22,23)(H,24,25). The van der Waals surface area contributed by atoms with E-state index in [1.54, 1.807) is 24.3 Å². The highest BCUT2D eigenvalue weighted by atomic mass is 16.5. The first-order valence-electron chi connectivity index (χ1n) is 8.95. The Morgan fingerprint density at radius 2 is 1.81 bits per heavy atom. The van der Waals surface area contributed by atoms with Crippen molar-refractivity contribution in [2.24, 2.45) is 0 Å². The van der Waals surface area contributed by atoms with E-state index in [-0.39, 0.29) is 11.5 Å². The van der Waals surface area contributed by atoms with E-state index in [9.17, 15) is 9.59 Å². The summed E-state index contributed by atoms with van der Waals surface area (Å²) in [5.41, 5.74) is 2.18. The van der Waals surface area contributed by atoms with Crippen LogP contribution in [0, 0.1) is 0 Å². The zero-order valence-electron chi connectivity index (χ0n) is 14.6. The molecule has 1 aliphatic rings. The third-order valence-corrected chi connectivity index (χ3v) is 4.64. The summed E-state index contributed by atoms with van der Waals surface area (Å²) in [5.74, 6) is -0.135. The molecule has 26 heavy (non-hydrogen) atoms. The number of ether oxygens (including phenoxy) is 1. The van der Waals surface area contributed by atoms with Gasteiger partial charge in [-0.2, -0.15) is 0 Å². The number of carboxylic acid groups (broad SMARTS) is 1. The number of hydrogen-bond donors (Lipinski definition) is 2. The molecule has 2 N–H and O–H groups in total. The van der Waals surface area contributed by atoms with Crippen molar-refractivity contribution in [3.05, 3.63) is 65.2 Å². The lowest BCUT2D eigenvalue weighted by atomic mass is 9.96. The zero-order valence-corrected chi connectivity index (χ0v) is 14.6. The lowest BCUT2D eigenvalue weighted by Crippen LogP contribution is -2.26. The maximum absolute atomic E-state index is 12.1. The molecule has 0 aliphatic heterocycles. The monoisotopic (exact) mass is 353 g/mol. The maximum Gasteiger partial charge on any atom is 0.335 e. The number of rotatable bonds is 8. The minimum atomic E-state index is -0.947. The van der Waals surface area contributed by atoms with Gasteiger partial charge in [0.25, 0.3) is 0 Å². The second kappa shape index (κ2) is 8.52. The summed E-state index contributed by atoms with van der Waals surface area (Å²) in [4.78, 5) is 23.0. The van der Waals surface area contributed by atoms with E-state index in [0.29, 0.717) is 25.5 Å². The summed E-state index contributed by atoms with van der Waals surface area (Å²) in [6.45, 7) is 0.444. The molecule has 0 unspecified atom stereocenters. The lowest BCUT2D eigenvalue weighted by molar-refractivity contribution is -0.121. The van der Waals surface area contributed by atoms with Gasteiger partial charge in [-0.25, -0.2) is 4.79 Å². The van der Waals surface area contributed by atoms with E-state index in [1.165, 1.54) is 6.42 Å². The predicted octanol–water partition coefficient (Wildman–Crippen LogP) is 3.57. The van der Waals surface area contributed by atoms with Gasteiger partial charge in [-0.05, 0) is 49.4 Å². The van der Waals surface area contributed by atoms with Crippen LogP contribution in [0.2, 0.25) is 0 Å². The van der Waals surface area contributed by atoms with Crippen molar-refractivity contribution in [3.8, 4) is 5.75 Å². The van der Waals surface area contributed by atoms with Gasteiger partial charge in [0.2, 0.25) is 5.91 Å². The van der Waals surface area contributed by atoms with Crippen LogP contribution >= 0.6 is 0 Å². The topological polar surface area (TPSA) is 75.6 Å². The summed E-state index contributed by atoms with van der Waals surface area (Å²) in [6, 6.07) is 14.4. The zero-order chi connectivity index (χ0) is 18.4. The van der Waals surface area contributed by atoms with Crippen molar-refractivity contribution in [2.45, 2.75) is 44.8 Å². The summed E-state index contributed by atoms with van der Waals surface area (Å²) < 4.78 is 5.97. The van der Waals surface area contributed by atoms with Crippen LogP contribution in [0.15, 0.2) is 48.5 Å². The average molecular weight is 353 g/mol. The first-order chi connectivity index (χ1) is 12.6. The molecule has 0 atom stereocenters. The van der Waals surface area contributed by atoms with Crippen molar-refractivity contribution >= 4 is 11.9 Å². The molecular formula is C21H23NO4. The van der Waals surface area contributed by atoms with Gasteiger partial charge in [-0.15, -0.1) is 0 Å². The van der Waals surface area contributed by atoms with Gasteiger partial charge in [0.15, 0.2) is 0 Å². The van der Waals surface area contributed by atoms with Gasteiger partial charge in [0, 0.05) is 18.5 Å². The Hall–Kier alpha value is -2.82. The van der Waals surface area contributed by atoms with Crippen molar-refractivity contribution in [1.29, 1.82) is 0 Å².